The van der Waals surface area contributed by atoms with Gasteiger partial charge in [0.15, 0.2) is 0 Å². The number of rotatable bonds is 7. The zero-order chi connectivity index (χ0) is 22.0. The fraction of sp³-hybridized carbons (Fsp3) is 0.348. The quantitative estimate of drug-likeness (QED) is 0.503. The van der Waals surface area contributed by atoms with Gasteiger partial charge in [-0.15, -0.1) is 11.3 Å². The second-order valence-electron chi connectivity index (χ2n) is 7.51. The fourth-order valence-corrected chi connectivity index (χ4v) is 5.96. The molecule has 1 aliphatic rings. The Morgan fingerprint density at radius 1 is 1.26 bits per heavy atom. The topological polar surface area (TPSA) is 94.3 Å². The number of thioether (sulfide) groups is 1. The molecule has 3 N–H and O–H groups in total. The Morgan fingerprint density at radius 2 is 2.06 bits per heavy atom. The van der Waals surface area contributed by atoms with Crippen molar-refractivity contribution < 1.29 is 14.3 Å². The number of nitrogens with zero attached hydrogens (tertiary/aromatic N) is 1. The van der Waals surface area contributed by atoms with E-state index in [1.54, 1.807) is 0 Å². The maximum absolute atomic E-state index is 12.6. The van der Waals surface area contributed by atoms with Crippen LogP contribution in [-0.4, -0.2) is 29.2 Å². The van der Waals surface area contributed by atoms with E-state index < -0.39 is 5.91 Å². The predicted molar refractivity (Wildman–Crippen MR) is 126 cm³/mol. The summed E-state index contributed by atoms with van der Waals surface area (Å²) >= 11 is 2.87. The summed E-state index contributed by atoms with van der Waals surface area (Å²) in [6, 6.07) is 7.87. The molecule has 2 aromatic heterocycles. The molecule has 4 rings (SSSR count). The molecule has 1 aliphatic carbocycles. The van der Waals surface area contributed by atoms with Crippen LogP contribution in [0.25, 0.3) is 10.9 Å². The Hall–Kier alpha value is -2.58. The molecule has 0 atom stereocenters. The van der Waals surface area contributed by atoms with Gasteiger partial charge in [-0.3, -0.25) is 9.59 Å². The molecule has 8 heteroatoms. The Labute approximate surface area is 189 Å². The molecule has 0 saturated carbocycles. The average molecular weight is 456 g/mol. The lowest BCUT2D eigenvalue weighted by Crippen LogP contribution is -2.19. The molecule has 6 nitrogen and oxygen atoms in total. The van der Waals surface area contributed by atoms with Crippen LogP contribution in [0.1, 0.15) is 46.1 Å². The number of amides is 2. The first-order chi connectivity index (χ1) is 15.0. The van der Waals surface area contributed by atoms with E-state index in [1.807, 2.05) is 32.0 Å². The summed E-state index contributed by atoms with van der Waals surface area (Å²) in [5.41, 5.74) is 8.99. The van der Waals surface area contributed by atoms with Crippen molar-refractivity contribution in [1.29, 1.82) is 0 Å². The Kier molecular flexibility index (Phi) is 6.48. The molecule has 1 aromatic carbocycles. The number of ether oxygens (including phenoxy) is 1. The van der Waals surface area contributed by atoms with Crippen molar-refractivity contribution in [2.75, 3.05) is 17.7 Å². The third-order valence-electron chi connectivity index (χ3n) is 5.25. The highest BCUT2D eigenvalue weighted by molar-refractivity contribution is 8.00. The van der Waals surface area contributed by atoms with Crippen LogP contribution < -0.4 is 15.8 Å². The van der Waals surface area contributed by atoms with E-state index >= 15 is 0 Å². The minimum absolute atomic E-state index is 0.168. The summed E-state index contributed by atoms with van der Waals surface area (Å²) in [6.45, 7) is 4.56. The molecular weight excluding hydrogens is 430 g/mol. The highest BCUT2D eigenvalue weighted by atomic mass is 32.2. The molecule has 0 saturated heterocycles. The lowest BCUT2D eigenvalue weighted by molar-refractivity contribution is -0.113. The van der Waals surface area contributed by atoms with Gasteiger partial charge in [0.25, 0.3) is 5.91 Å². The van der Waals surface area contributed by atoms with Gasteiger partial charge in [0, 0.05) is 10.3 Å². The first kappa shape index (κ1) is 21.6. The number of aryl methyl sites for hydroxylation is 2. The van der Waals surface area contributed by atoms with Gasteiger partial charge in [0.1, 0.15) is 15.8 Å². The number of fused-ring (bicyclic) bond motifs is 2. The molecule has 3 aromatic rings. The van der Waals surface area contributed by atoms with Crippen molar-refractivity contribution >= 4 is 50.8 Å². The third kappa shape index (κ3) is 4.70. The molecule has 0 fully saturated rings. The molecule has 2 heterocycles. The molecule has 0 bridgehead atoms. The second kappa shape index (κ2) is 9.28. The van der Waals surface area contributed by atoms with Crippen LogP contribution >= 0.6 is 23.1 Å². The highest BCUT2D eigenvalue weighted by Gasteiger charge is 2.25. The Balaban J connectivity index is 1.47. The van der Waals surface area contributed by atoms with E-state index in [2.05, 4.69) is 11.4 Å². The number of nitrogens with two attached hydrogens (primary N) is 1. The Morgan fingerprint density at radius 3 is 2.84 bits per heavy atom. The largest absolute Gasteiger partial charge is 0.494 e. The van der Waals surface area contributed by atoms with Gasteiger partial charge in [-0.25, -0.2) is 4.98 Å². The van der Waals surface area contributed by atoms with Crippen molar-refractivity contribution in [2.24, 2.45) is 5.73 Å². The average Bonchev–Trinajstić information content (AvgIpc) is 3.10. The highest BCUT2D eigenvalue weighted by Crippen LogP contribution is 2.38. The molecule has 0 unspecified atom stereocenters. The van der Waals surface area contributed by atoms with Gasteiger partial charge in [0.2, 0.25) is 5.91 Å². The third-order valence-corrected chi connectivity index (χ3v) is 7.55. The fourth-order valence-electron chi connectivity index (χ4n) is 3.86. The number of aromatic nitrogens is 1. The number of thiophene rings is 1. The zero-order valence-electron chi connectivity index (χ0n) is 17.6. The number of primary amides is 1. The first-order valence-corrected chi connectivity index (χ1v) is 12.2. The van der Waals surface area contributed by atoms with E-state index in [9.17, 15) is 9.59 Å². The lowest BCUT2D eigenvalue weighted by Gasteiger charge is -2.11. The maximum atomic E-state index is 12.6. The molecule has 31 heavy (non-hydrogen) atoms. The van der Waals surface area contributed by atoms with Crippen molar-refractivity contribution in [3.05, 3.63) is 45.8 Å². The van der Waals surface area contributed by atoms with Crippen LogP contribution in [0.5, 0.6) is 5.75 Å². The smallest absolute Gasteiger partial charge is 0.251 e. The second-order valence-corrected chi connectivity index (χ2v) is 9.58. The summed E-state index contributed by atoms with van der Waals surface area (Å²) in [4.78, 5) is 30.5. The van der Waals surface area contributed by atoms with E-state index in [0.717, 1.165) is 58.5 Å². The number of benzene rings is 1. The number of pyridine rings is 1. The van der Waals surface area contributed by atoms with Gasteiger partial charge >= 0.3 is 0 Å². The van der Waals surface area contributed by atoms with Crippen molar-refractivity contribution in [3.63, 3.8) is 0 Å². The predicted octanol–water partition coefficient (Wildman–Crippen LogP) is 4.71. The summed E-state index contributed by atoms with van der Waals surface area (Å²) in [7, 11) is 0. The number of hydrogen-bond donors (Lipinski definition) is 2. The zero-order valence-corrected chi connectivity index (χ0v) is 19.3. The van der Waals surface area contributed by atoms with Gasteiger partial charge in [0.05, 0.1) is 23.4 Å². The molecule has 2 amide bonds. The molecule has 0 radical (unpaired) electrons. The number of nitrogens with one attached hydrogen (secondary N) is 1. The summed E-state index contributed by atoms with van der Waals surface area (Å²) in [6.07, 6.45) is 3.94. The minimum Gasteiger partial charge on any atom is -0.494 e. The standard InChI is InChI=1S/C23H25N3O3S2/c1-3-29-15-8-9-17-14(11-15)10-13(2)22(25-17)30-12-19(27)26-23-20(21(24)28)16-6-4-5-7-18(16)31-23/h8-11H,3-7,12H2,1-2H3,(H2,24,28)(H,26,27). The minimum atomic E-state index is -0.471. The van der Waals surface area contributed by atoms with E-state index in [-0.39, 0.29) is 11.7 Å². The molecular formula is C23H25N3O3S2. The van der Waals surface area contributed by atoms with Crippen LogP contribution in [0.15, 0.2) is 29.3 Å². The SMILES string of the molecule is CCOc1ccc2nc(SCC(=O)Nc3sc4c(c3C(N)=O)CCCC4)c(C)cc2c1. The van der Waals surface area contributed by atoms with Gasteiger partial charge in [-0.2, -0.15) is 0 Å². The Bertz CT molecular complexity index is 1160. The monoisotopic (exact) mass is 455 g/mol. The number of anilines is 1. The van der Waals surface area contributed by atoms with Crippen LogP contribution in [0, 0.1) is 6.92 Å². The number of hydrogen-bond acceptors (Lipinski definition) is 6. The van der Waals surface area contributed by atoms with Crippen LogP contribution in [0.3, 0.4) is 0 Å². The van der Waals surface area contributed by atoms with Gasteiger partial charge in [-0.05, 0) is 74.9 Å². The summed E-state index contributed by atoms with van der Waals surface area (Å²) in [5.74, 6) is 0.386. The molecule has 0 aliphatic heterocycles. The maximum Gasteiger partial charge on any atom is 0.251 e. The van der Waals surface area contributed by atoms with Crippen LogP contribution in [-0.2, 0) is 17.6 Å². The lowest BCUT2D eigenvalue weighted by atomic mass is 9.95. The van der Waals surface area contributed by atoms with Crippen LogP contribution in [0.4, 0.5) is 5.00 Å². The van der Waals surface area contributed by atoms with Crippen molar-refractivity contribution in [3.8, 4) is 5.75 Å². The van der Waals surface area contributed by atoms with E-state index in [1.165, 1.54) is 28.0 Å². The van der Waals surface area contributed by atoms with Gasteiger partial charge in [-0.1, -0.05) is 11.8 Å². The number of carbonyl (C=O) groups excluding carboxylic acids is 2. The normalized spacial score (nSPS) is 13.1. The first-order valence-electron chi connectivity index (χ1n) is 10.4. The summed E-state index contributed by atoms with van der Waals surface area (Å²) in [5, 5.41) is 5.31. The van der Waals surface area contributed by atoms with E-state index in [0.29, 0.717) is 17.2 Å². The van der Waals surface area contributed by atoms with Crippen molar-refractivity contribution in [1.82, 2.24) is 4.98 Å². The molecule has 0 spiro atoms. The van der Waals surface area contributed by atoms with E-state index in [4.69, 9.17) is 15.5 Å². The molecule has 162 valence electrons. The van der Waals surface area contributed by atoms with Crippen molar-refractivity contribution in [2.45, 2.75) is 44.6 Å². The van der Waals surface area contributed by atoms with Crippen LogP contribution in [0.2, 0.25) is 0 Å². The number of carbonyl (C=O) groups is 2. The van der Waals surface area contributed by atoms with Gasteiger partial charge < -0.3 is 15.8 Å². The summed E-state index contributed by atoms with van der Waals surface area (Å²) < 4.78 is 5.56.